The van der Waals surface area contributed by atoms with Crippen LogP contribution in [-0.4, -0.2) is 33.9 Å². The third-order valence-electron chi connectivity index (χ3n) is 5.43. The highest BCUT2D eigenvalue weighted by Crippen LogP contribution is 2.31. The normalized spacial score (nSPS) is 16.4. The van der Waals surface area contributed by atoms with E-state index in [4.69, 9.17) is 14.8 Å². The van der Waals surface area contributed by atoms with Crippen molar-refractivity contribution in [3.63, 3.8) is 0 Å². The number of aromatic nitrogens is 3. The second-order valence-electron chi connectivity index (χ2n) is 7.47. The average molecular weight is 384 g/mol. The minimum Gasteiger partial charge on any atom is -0.376 e. The standard InChI is InChI=1S/C24H24N4O/c1-17-23(19-11-6-3-7-12-19)24-26-21(18-9-4-2-5-10-18)15-22(28(24)27-17)25-16-20-13-8-14-29-20/h2-7,9-12,15,20,25H,8,13-14,16H2,1H3/t20-/m1/s1. The van der Waals surface area contributed by atoms with Gasteiger partial charge in [-0.25, -0.2) is 4.98 Å². The Morgan fingerprint density at radius 3 is 2.45 bits per heavy atom. The largest absolute Gasteiger partial charge is 0.376 e. The summed E-state index contributed by atoms with van der Waals surface area (Å²) < 4.78 is 7.72. The van der Waals surface area contributed by atoms with Crippen LogP contribution in [0.5, 0.6) is 0 Å². The van der Waals surface area contributed by atoms with Crippen LogP contribution < -0.4 is 5.32 Å². The molecule has 0 spiro atoms. The zero-order valence-corrected chi connectivity index (χ0v) is 16.5. The van der Waals surface area contributed by atoms with Gasteiger partial charge in [-0.3, -0.25) is 0 Å². The van der Waals surface area contributed by atoms with Crippen LogP contribution in [0, 0.1) is 6.92 Å². The Bertz CT molecular complexity index is 1120. The van der Waals surface area contributed by atoms with Crippen LogP contribution in [0.3, 0.4) is 0 Å². The van der Waals surface area contributed by atoms with Gasteiger partial charge < -0.3 is 10.1 Å². The van der Waals surface area contributed by atoms with Crippen molar-refractivity contribution in [3.05, 3.63) is 72.4 Å². The minimum absolute atomic E-state index is 0.253. The lowest BCUT2D eigenvalue weighted by molar-refractivity contribution is 0.120. The molecule has 0 amide bonds. The van der Waals surface area contributed by atoms with E-state index in [0.717, 1.165) is 65.5 Å². The second kappa shape index (κ2) is 7.68. The molecule has 0 radical (unpaired) electrons. The molecule has 5 rings (SSSR count). The molecule has 1 atom stereocenters. The average Bonchev–Trinajstić information content (AvgIpc) is 3.40. The van der Waals surface area contributed by atoms with Crippen LogP contribution in [0.4, 0.5) is 5.82 Å². The lowest BCUT2D eigenvalue weighted by atomic mass is 10.1. The number of benzene rings is 2. The molecule has 0 aliphatic carbocycles. The molecule has 0 unspecified atom stereocenters. The van der Waals surface area contributed by atoms with Crippen LogP contribution in [0.15, 0.2) is 66.7 Å². The number of nitrogens with zero attached hydrogens (tertiary/aromatic N) is 3. The summed E-state index contributed by atoms with van der Waals surface area (Å²) in [5.41, 5.74) is 6.06. The summed E-state index contributed by atoms with van der Waals surface area (Å²) in [5.74, 6) is 0.939. The maximum Gasteiger partial charge on any atom is 0.166 e. The monoisotopic (exact) mass is 384 g/mol. The molecule has 5 heteroatoms. The number of hydrogen-bond donors (Lipinski definition) is 1. The Morgan fingerprint density at radius 1 is 1.03 bits per heavy atom. The lowest BCUT2D eigenvalue weighted by Crippen LogP contribution is -2.20. The molecule has 2 aromatic carbocycles. The summed E-state index contributed by atoms with van der Waals surface area (Å²) in [6, 6.07) is 22.7. The van der Waals surface area contributed by atoms with Gasteiger partial charge in [0.15, 0.2) is 5.65 Å². The van der Waals surface area contributed by atoms with Crippen molar-refractivity contribution in [2.45, 2.75) is 25.9 Å². The molecule has 4 aromatic rings. The Hall–Kier alpha value is -3.18. The van der Waals surface area contributed by atoms with Gasteiger partial charge in [0.1, 0.15) is 5.82 Å². The van der Waals surface area contributed by atoms with E-state index in [1.807, 2.05) is 35.7 Å². The number of hydrogen-bond acceptors (Lipinski definition) is 4. The highest BCUT2D eigenvalue weighted by Gasteiger charge is 2.19. The van der Waals surface area contributed by atoms with Gasteiger partial charge in [-0.05, 0) is 25.3 Å². The van der Waals surface area contributed by atoms with E-state index >= 15 is 0 Å². The fourth-order valence-electron chi connectivity index (χ4n) is 3.97. The molecule has 1 fully saturated rings. The number of anilines is 1. The van der Waals surface area contributed by atoms with E-state index in [-0.39, 0.29) is 6.10 Å². The lowest BCUT2D eigenvalue weighted by Gasteiger charge is -2.14. The van der Waals surface area contributed by atoms with Crippen LogP contribution in [-0.2, 0) is 4.74 Å². The molecular formula is C24H24N4O. The summed E-state index contributed by atoms with van der Waals surface area (Å²) in [7, 11) is 0. The van der Waals surface area contributed by atoms with Crippen molar-refractivity contribution < 1.29 is 4.74 Å². The van der Waals surface area contributed by atoms with Gasteiger partial charge in [-0.15, -0.1) is 0 Å². The molecule has 1 aliphatic rings. The maximum absolute atomic E-state index is 5.79. The van der Waals surface area contributed by atoms with E-state index < -0.39 is 0 Å². The van der Waals surface area contributed by atoms with Crippen molar-refractivity contribution in [2.75, 3.05) is 18.5 Å². The van der Waals surface area contributed by atoms with Crippen LogP contribution >= 0.6 is 0 Å². The zero-order valence-electron chi connectivity index (χ0n) is 16.5. The van der Waals surface area contributed by atoms with E-state index in [0.29, 0.717) is 0 Å². The third-order valence-corrected chi connectivity index (χ3v) is 5.43. The first-order valence-electron chi connectivity index (χ1n) is 10.2. The van der Waals surface area contributed by atoms with E-state index in [9.17, 15) is 0 Å². The first-order chi connectivity index (χ1) is 14.3. The Balaban J connectivity index is 1.65. The molecular weight excluding hydrogens is 360 g/mol. The molecule has 146 valence electrons. The first kappa shape index (κ1) is 17.9. The van der Waals surface area contributed by atoms with Gasteiger partial charge in [0.2, 0.25) is 0 Å². The molecule has 0 saturated carbocycles. The molecule has 1 saturated heterocycles. The van der Waals surface area contributed by atoms with Gasteiger partial charge in [0.05, 0.1) is 17.5 Å². The van der Waals surface area contributed by atoms with Gasteiger partial charge in [0.25, 0.3) is 0 Å². The Labute approximate surface area is 170 Å². The van der Waals surface area contributed by atoms with Crippen molar-refractivity contribution in [2.24, 2.45) is 0 Å². The second-order valence-corrected chi connectivity index (χ2v) is 7.47. The molecule has 3 heterocycles. The van der Waals surface area contributed by atoms with Gasteiger partial charge in [-0.1, -0.05) is 60.7 Å². The van der Waals surface area contributed by atoms with Crippen molar-refractivity contribution in [1.29, 1.82) is 0 Å². The number of nitrogens with one attached hydrogen (secondary N) is 1. The van der Waals surface area contributed by atoms with Crippen molar-refractivity contribution in [1.82, 2.24) is 14.6 Å². The van der Waals surface area contributed by atoms with Crippen molar-refractivity contribution in [3.8, 4) is 22.4 Å². The molecule has 0 bridgehead atoms. The highest BCUT2D eigenvalue weighted by molar-refractivity contribution is 5.82. The quantitative estimate of drug-likeness (QED) is 0.528. The first-order valence-corrected chi connectivity index (χ1v) is 10.2. The van der Waals surface area contributed by atoms with Crippen molar-refractivity contribution >= 4 is 11.5 Å². The number of fused-ring (bicyclic) bond motifs is 1. The summed E-state index contributed by atoms with van der Waals surface area (Å²) in [5, 5.41) is 8.39. The fraction of sp³-hybridized carbons (Fsp3) is 0.250. The predicted molar refractivity (Wildman–Crippen MR) is 116 cm³/mol. The van der Waals surface area contributed by atoms with Gasteiger partial charge >= 0.3 is 0 Å². The third kappa shape index (κ3) is 3.49. The molecule has 1 aliphatic heterocycles. The molecule has 29 heavy (non-hydrogen) atoms. The van der Waals surface area contributed by atoms with Crippen LogP contribution in [0.2, 0.25) is 0 Å². The minimum atomic E-state index is 0.253. The number of rotatable bonds is 5. The SMILES string of the molecule is Cc1nn2c(NC[C@H]3CCCO3)cc(-c3ccccc3)nc2c1-c1ccccc1. The number of aryl methyl sites for hydroxylation is 1. The number of ether oxygens (including phenoxy) is 1. The molecule has 1 N–H and O–H groups in total. The van der Waals surface area contributed by atoms with Crippen LogP contribution in [0.25, 0.3) is 28.0 Å². The van der Waals surface area contributed by atoms with Gasteiger partial charge in [0, 0.05) is 30.3 Å². The van der Waals surface area contributed by atoms with Crippen LogP contribution in [0.1, 0.15) is 18.5 Å². The summed E-state index contributed by atoms with van der Waals surface area (Å²) in [6.07, 6.45) is 2.48. The summed E-state index contributed by atoms with van der Waals surface area (Å²) in [4.78, 5) is 5.01. The zero-order chi connectivity index (χ0) is 19.6. The Morgan fingerprint density at radius 2 is 1.76 bits per heavy atom. The topological polar surface area (TPSA) is 51.5 Å². The van der Waals surface area contributed by atoms with E-state index in [1.165, 1.54) is 0 Å². The predicted octanol–water partition coefficient (Wildman–Crippen LogP) is 4.96. The molecule has 2 aromatic heterocycles. The highest BCUT2D eigenvalue weighted by atomic mass is 16.5. The molecule has 5 nitrogen and oxygen atoms in total. The fourth-order valence-corrected chi connectivity index (χ4v) is 3.97. The van der Waals surface area contributed by atoms with Gasteiger partial charge in [-0.2, -0.15) is 9.61 Å². The maximum atomic E-state index is 5.79. The summed E-state index contributed by atoms with van der Waals surface area (Å²) in [6.45, 7) is 3.67. The summed E-state index contributed by atoms with van der Waals surface area (Å²) >= 11 is 0. The Kier molecular flexibility index (Phi) is 4.74. The smallest absolute Gasteiger partial charge is 0.166 e. The van der Waals surface area contributed by atoms with E-state index in [1.54, 1.807) is 0 Å². The van der Waals surface area contributed by atoms with E-state index in [2.05, 4.69) is 47.8 Å².